The van der Waals surface area contributed by atoms with E-state index in [9.17, 15) is 9.59 Å². The number of hydrazone groups is 1. The lowest BCUT2D eigenvalue weighted by molar-refractivity contribution is -0.130. The van der Waals surface area contributed by atoms with Crippen LogP contribution in [0.15, 0.2) is 17.6 Å². The first kappa shape index (κ1) is 17.6. The molecule has 0 radical (unpaired) electrons. The van der Waals surface area contributed by atoms with Crippen molar-refractivity contribution in [2.24, 2.45) is 12.1 Å². The highest BCUT2D eigenvalue weighted by atomic mass is 16.5. The summed E-state index contributed by atoms with van der Waals surface area (Å²) in [5.74, 6) is -0.329. The number of aryl methyl sites for hydroxylation is 1. The first-order valence-corrected chi connectivity index (χ1v) is 8.37. The summed E-state index contributed by atoms with van der Waals surface area (Å²) in [6, 6.07) is 0.0131. The van der Waals surface area contributed by atoms with Gasteiger partial charge in [-0.1, -0.05) is 0 Å². The molecule has 1 aromatic heterocycles. The second-order valence-electron chi connectivity index (χ2n) is 6.44. The summed E-state index contributed by atoms with van der Waals surface area (Å²) in [5.41, 5.74) is 1.42. The number of likely N-dealkylation sites (N-methyl/N-ethyl adjacent to an activating group) is 1. The molecule has 9 nitrogen and oxygen atoms in total. The van der Waals surface area contributed by atoms with Gasteiger partial charge in [-0.25, -0.2) is 9.99 Å². The lowest BCUT2D eigenvalue weighted by Gasteiger charge is -2.39. The number of imidazole rings is 1. The Morgan fingerprint density at radius 2 is 2.16 bits per heavy atom. The SMILES string of the molecule is CN1N=C(C(=O)NC[C@@H]2OCCN(C)[C@H]2c2cncn2C)CCC1=O. The average molecular weight is 348 g/mol. The molecular formula is C16H24N6O3. The van der Waals surface area contributed by atoms with Crippen molar-refractivity contribution >= 4 is 17.5 Å². The number of carbonyl (C=O) groups is 2. The molecule has 136 valence electrons. The van der Waals surface area contributed by atoms with E-state index in [1.165, 1.54) is 5.01 Å². The Balaban J connectivity index is 1.66. The van der Waals surface area contributed by atoms with Crippen molar-refractivity contribution in [3.05, 3.63) is 18.2 Å². The first-order chi connectivity index (χ1) is 12.0. The fourth-order valence-corrected chi connectivity index (χ4v) is 3.23. The van der Waals surface area contributed by atoms with Gasteiger partial charge >= 0.3 is 0 Å². The fourth-order valence-electron chi connectivity index (χ4n) is 3.23. The molecule has 3 heterocycles. The maximum atomic E-state index is 12.4. The maximum Gasteiger partial charge on any atom is 0.267 e. The van der Waals surface area contributed by atoms with Gasteiger partial charge in [0.1, 0.15) is 5.71 Å². The summed E-state index contributed by atoms with van der Waals surface area (Å²) in [7, 11) is 5.55. The van der Waals surface area contributed by atoms with Crippen LogP contribution in [0.4, 0.5) is 0 Å². The van der Waals surface area contributed by atoms with E-state index >= 15 is 0 Å². The van der Waals surface area contributed by atoms with Gasteiger partial charge in [-0.15, -0.1) is 0 Å². The average Bonchev–Trinajstić information content (AvgIpc) is 3.00. The molecule has 1 aromatic rings. The number of hydrogen-bond acceptors (Lipinski definition) is 6. The predicted molar refractivity (Wildman–Crippen MR) is 90.8 cm³/mol. The summed E-state index contributed by atoms with van der Waals surface area (Å²) in [6.07, 6.45) is 4.09. The Morgan fingerprint density at radius 3 is 2.84 bits per heavy atom. The third kappa shape index (κ3) is 3.72. The van der Waals surface area contributed by atoms with Crippen LogP contribution in [0.2, 0.25) is 0 Å². The highest BCUT2D eigenvalue weighted by Crippen LogP contribution is 2.27. The van der Waals surface area contributed by atoms with Crippen LogP contribution < -0.4 is 5.32 Å². The van der Waals surface area contributed by atoms with Gasteiger partial charge in [-0.3, -0.25) is 14.5 Å². The Labute approximate surface area is 146 Å². The number of rotatable bonds is 4. The van der Waals surface area contributed by atoms with Crippen molar-refractivity contribution in [2.75, 3.05) is 33.8 Å². The second kappa shape index (κ2) is 7.32. The third-order valence-electron chi connectivity index (χ3n) is 4.69. The quantitative estimate of drug-likeness (QED) is 0.793. The molecule has 9 heteroatoms. The Morgan fingerprint density at radius 1 is 1.36 bits per heavy atom. The molecule has 1 fully saturated rings. The molecule has 0 bridgehead atoms. The number of aromatic nitrogens is 2. The van der Waals surface area contributed by atoms with E-state index in [-0.39, 0.29) is 24.0 Å². The van der Waals surface area contributed by atoms with Gasteiger partial charge in [-0.2, -0.15) is 5.10 Å². The number of nitrogens with zero attached hydrogens (tertiary/aromatic N) is 5. The zero-order valence-electron chi connectivity index (χ0n) is 14.8. The van der Waals surface area contributed by atoms with E-state index in [4.69, 9.17) is 4.74 Å². The van der Waals surface area contributed by atoms with Crippen LogP contribution >= 0.6 is 0 Å². The van der Waals surface area contributed by atoms with E-state index in [1.807, 2.05) is 24.9 Å². The van der Waals surface area contributed by atoms with Gasteiger partial charge in [0.25, 0.3) is 5.91 Å². The zero-order valence-corrected chi connectivity index (χ0v) is 14.8. The van der Waals surface area contributed by atoms with Crippen LogP contribution in [0.5, 0.6) is 0 Å². The normalized spacial score (nSPS) is 25.0. The zero-order chi connectivity index (χ0) is 18.0. The molecular weight excluding hydrogens is 324 g/mol. The minimum atomic E-state index is -0.250. The standard InChI is InChI=1S/C16H24N6O3/c1-20-6-7-25-13(15(20)12-8-17-10-21(12)2)9-18-16(24)11-4-5-14(23)22(3)19-11/h8,10,13,15H,4-7,9H2,1-3H3,(H,18,24)/t13-,15-/m0/s1. The molecule has 2 atom stereocenters. The molecule has 2 aliphatic rings. The molecule has 2 aliphatic heterocycles. The highest BCUT2D eigenvalue weighted by molar-refractivity contribution is 6.39. The molecule has 3 rings (SSSR count). The monoisotopic (exact) mass is 348 g/mol. The Hall–Kier alpha value is -2.26. The molecule has 1 N–H and O–H groups in total. The van der Waals surface area contributed by atoms with Crippen molar-refractivity contribution in [2.45, 2.75) is 25.0 Å². The van der Waals surface area contributed by atoms with Crippen LogP contribution in [0.25, 0.3) is 0 Å². The molecule has 0 aromatic carbocycles. The minimum Gasteiger partial charge on any atom is -0.373 e. The molecule has 1 saturated heterocycles. The van der Waals surface area contributed by atoms with E-state index < -0.39 is 0 Å². The Kier molecular flexibility index (Phi) is 5.14. The van der Waals surface area contributed by atoms with Crippen molar-refractivity contribution in [1.82, 2.24) is 24.8 Å². The summed E-state index contributed by atoms with van der Waals surface area (Å²) >= 11 is 0. The smallest absolute Gasteiger partial charge is 0.267 e. The fraction of sp³-hybridized carbons (Fsp3) is 0.625. The molecule has 0 unspecified atom stereocenters. The number of morpholine rings is 1. The first-order valence-electron chi connectivity index (χ1n) is 8.37. The van der Waals surface area contributed by atoms with E-state index in [2.05, 4.69) is 20.3 Å². The van der Waals surface area contributed by atoms with Crippen molar-refractivity contribution in [1.29, 1.82) is 0 Å². The number of carbonyl (C=O) groups excluding carboxylic acids is 2. The largest absolute Gasteiger partial charge is 0.373 e. The maximum absolute atomic E-state index is 12.4. The van der Waals surface area contributed by atoms with Gasteiger partial charge in [0.15, 0.2) is 0 Å². The highest BCUT2D eigenvalue weighted by Gasteiger charge is 2.34. The number of hydrogen-bond donors (Lipinski definition) is 1. The van der Waals surface area contributed by atoms with Gasteiger partial charge < -0.3 is 14.6 Å². The van der Waals surface area contributed by atoms with Crippen LogP contribution in [0, 0.1) is 0 Å². The van der Waals surface area contributed by atoms with E-state index in [0.717, 1.165) is 12.2 Å². The summed E-state index contributed by atoms with van der Waals surface area (Å²) < 4.78 is 7.88. The summed E-state index contributed by atoms with van der Waals surface area (Å²) in [5, 5.41) is 8.17. The molecule has 0 aliphatic carbocycles. The van der Waals surface area contributed by atoms with Crippen molar-refractivity contribution < 1.29 is 14.3 Å². The Bertz CT molecular complexity index is 685. The number of ether oxygens (including phenoxy) is 1. The minimum absolute atomic E-state index is 0.0131. The topological polar surface area (TPSA) is 92.1 Å². The second-order valence-corrected chi connectivity index (χ2v) is 6.44. The van der Waals surface area contributed by atoms with Crippen molar-refractivity contribution in [3.8, 4) is 0 Å². The van der Waals surface area contributed by atoms with Crippen LogP contribution in [0.1, 0.15) is 24.6 Å². The third-order valence-corrected chi connectivity index (χ3v) is 4.69. The van der Waals surface area contributed by atoms with E-state index in [0.29, 0.717) is 31.7 Å². The number of amides is 2. The van der Waals surface area contributed by atoms with E-state index in [1.54, 1.807) is 13.4 Å². The van der Waals surface area contributed by atoms with Gasteiger partial charge in [0.05, 0.1) is 30.8 Å². The van der Waals surface area contributed by atoms with Gasteiger partial charge in [0, 0.05) is 46.2 Å². The molecule has 2 amide bonds. The molecule has 0 saturated carbocycles. The van der Waals surface area contributed by atoms with Crippen molar-refractivity contribution in [3.63, 3.8) is 0 Å². The van der Waals surface area contributed by atoms with Crippen LogP contribution in [-0.2, 0) is 21.4 Å². The predicted octanol–water partition coefficient (Wildman–Crippen LogP) is -0.484. The molecule has 0 spiro atoms. The lowest BCUT2D eigenvalue weighted by atomic mass is 10.0. The summed E-state index contributed by atoms with van der Waals surface area (Å²) in [6.45, 7) is 1.80. The van der Waals surface area contributed by atoms with Crippen LogP contribution in [0.3, 0.4) is 0 Å². The lowest BCUT2D eigenvalue weighted by Crippen LogP contribution is -2.50. The van der Waals surface area contributed by atoms with Gasteiger partial charge in [-0.05, 0) is 7.05 Å². The van der Waals surface area contributed by atoms with Crippen LogP contribution in [-0.4, -0.2) is 76.9 Å². The van der Waals surface area contributed by atoms with Gasteiger partial charge in [0.2, 0.25) is 5.91 Å². The molecule has 25 heavy (non-hydrogen) atoms. The summed E-state index contributed by atoms with van der Waals surface area (Å²) in [4.78, 5) is 30.2. The number of nitrogens with one attached hydrogen (secondary N) is 1.